The highest BCUT2D eigenvalue weighted by atomic mass is 16.5. The van der Waals surface area contributed by atoms with Gasteiger partial charge in [-0.25, -0.2) is 4.98 Å². The number of amides is 1. The van der Waals surface area contributed by atoms with Crippen molar-refractivity contribution in [2.75, 3.05) is 0 Å². The monoisotopic (exact) mass is 320 g/mol. The van der Waals surface area contributed by atoms with Crippen LogP contribution in [0.15, 0.2) is 47.2 Å². The maximum atomic E-state index is 12.2. The predicted octanol–water partition coefficient (Wildman–Crippen LogP) is 1.89. The van der Waals surface area contributed by atoms with Gasteiger partial charge in [0, 0.05) is 12.4 Å². The van der Waals surface area contributed by atoms with E-state index in [1.165, 1.54) is 18.3 Å². The Bertz CT molecular complexity index is 883. The maximum Gasteiger partial charge on any atom is 0.253 e. The molecule has 8 nitrogen and oxygen atoms in total. The Hall–Kier alpha value is -3.60. The van der Waals surface area contributed by atoms with Gasteiger partial charge in [-0.05, 0) is 31.2 Å². The van der Waals surface area contributed by atoms with E-state index < -0.39 is 6.04 Å². The number of hydrogen-bond donors (Lipinski definition) is 1. The summed E-state index contributed by atoms with van der Waals surface area (Å²) in [7, 11) is 0. The molecule has 3 aromatic heterocycles. The first-order chi connectivity index (χ1) is 11.7. The molecule has 0 saturated heterocycles. The van der Waals surface area contributed by atoms with E-state index in [9.17, 15) is 4.79 Å². The SMILES string of the molecule is C[C@@H](NC(=O)c1ccc(C#N)nc1)c1nc(-c2ccccn2)no1. The third-order valence-electron chi connectivity index (χ3n) is 3.19. The quantitative estimate of drug-likeness (QED) is 0.779. The Morgan fingerprint density at radius 1 is 1.29 bits per heavy atom. The van der Waals surface area contributed by atoms with Gasteiger partial charge in [0.2, 0.25) is 11.7 Å². The molecule has 0 aliphatic carbocycles. The molecule has 118 valence electrons. The fraction of sp³-hybridized carbons (Fsp3) is 0.125. The van der Waals surface area contributed by atoms with Gasteiger partial charge < -0.3 is 9.84 Å². The van der Waals surface area contributed by atoms with Gasteiger partial charge in [-0.3, -0.25) is 9.78 Å². The lowest BCUT2D eigenvalue weighted by Gasteiger charge is -2.09. The molecule has 0 aliphatic rings. The summed E-state index contributed by atoms with van der Waals surface area (Å²) in [6.45, 7) is 1.73. The van der Waals surface area contributed by atoms with E-state index >= 15 is 0 Å². The van der Waals surface area contributed by atoms with E-state index in [1.807, 2.05) is 12.1 Å². The second-order valence-corrected chi connectivity index (χ2v) is 4.91. The summed E-state index contributed by atoms with van der Waals surface area (Å²) < 4.78 is 5.18. The third-order valence-corrected chi connectivity index (χ3v) is 3.19. The summed E-state index contributed by atoms with van der Waals surface area (Å²) in [5.41, 5.74) is 1.17. The van der Waals surface area contributed by atoms with Crippen LogP contribution in [0.1, 0.15) is 34.9 Å². The van der Waals surface area contributed by atoms with E-state index in [2.05, 4.69) is 25.4 Å². The normalized spacial score (nSPS) is 11.5. The van der Waals surface area contributed by atoms with Crippen molar-refractivity contribution in [1.29, 1.82) is 5.26 Å². The van der Waals surface area contributed by atoms with Gasteiger partial charge in [0.05, 0.1) is 5.56 Å². The summed E-state index contributed by atoms with van der Waals surface area (Å²) in [5.74, 6) is 0.273. The molecular weight excluding hydrogens is 308 g/mol. The minimum absolute atomic E-state index is 0.247. The number of aromatic nitrogens is 4. The first-order valence-corrected chi connectivity index (χ1v) is 7.09. The van der Waals surface area contributed by atoms with Crippen LogP contribution in [0.5, 0.6) is 0 Å². The number of carbonyl (C=O) groups is 1. The van der Waals surface area contributed by atoms with Gasteiger partial charge in [-0.1, -0.05) is 11.2 Å². The third kappa shape index (κ3) is 3.25. The molecular formula is C16H12N6O2. The molecule has 24 heavy (non-hydrogen) atoms. The van der Waals surface area contributed by atoms with Crippen LogP contribution < -0.4 is 5.32 Å². The van der Waals surface area contributed by atoms with Crippen LogP contribution in [0.25, 0.3) is 11.5 Å². The lowest BCUT2D eigenvalue weighted by atomic mass is 10.2. The zero-order valence-electron chi connectivity index (χ0n) is 12.7. The number of hydrogen-bond acceptors (Lipinski definition) is 7. The van der Waals surface area contributed by atoms with E-state index in [-0.39, 0.29) is 17.5 Å². The van der Waals surface area contributed by atoms with Crippen LogP contribution in [0.2, 0.25) is 0 Å². The van der Waals surface area contributed by atoms with Gasteiger partial charge in [0.1, 0.15) is 23.5 Å². The Morgan fingerprint density at radius 3 is 2.83 bits per heavy atom. The standard InChI is InChI=1S/C16H12N6O2/c1-10(20-15(23)11-5-6-12(8-17)19-9-11)16-21-14(22-24-16)13-4-2-3-7-18-13/h2-7,9-10H,1H3,(H,20,23)/t10-/m1/s1. The van der Waals surface area contributed by atoms with Gasteiger partial charge in [0.15, 0.2) is 0 Å². The number of carbonyl (C=O) groups excluding carboxylic acids is 1. The van der Waals surface area contributed by atoms with Crippen LogP contribution in [0.3, 0.4) is 0 Å². The van der Waals surface area contributed by atoms with Gasteiger partial charge in [-0.2, -0.15) is 10.2 Å². The minimum atomic E-state index is -0.488. The molecule has 0 spiro atoms. The molecule has 3 aromatic rings. The molecule has 3 heterocycles. The van der Waals surface area contributed by atoms with Crippen molar-refractivity contribution >= 4 is 5.91 Å². The Kier molecular flexibility index (Phi) is 4.25. The number of pyridine rings is 2. The summed E-state index contributed by atoms with van der Waals surface area (Å²) in [6, 6.07) is 9.79. The van der Waals surface area contributed by atoms with Crippen LogP contribution in [-0.2, 0) is 0 Å². The molecule has 0 saturated carbocycles. The average Bonchev–Trinajstić information content (AvgIpc) is 3.13. The summed E-state index contributed by atoms with van der Waals surface area (Å²) in [4.78, 5) is 24.4. The van der Waals surface area contributed by atoms with Crippen molar-refractivity contribution in [2.24, 2.45) is 0 Å². The number of nitrogens with one attached hydrogen (secondary N) is 1. The molecule has 0 radical (unpaired) electrons. The lowest BCUT2D eigenvalue weighted by Crippen LogP contribution is -2.27. The van der Waals surface area contributed by atoms with Crippen molar-refractivity contribution < 1.29 is 9.32 Å². The predicted molar refractivity (Wildman–Crippen MR) is 82.4 cm³/mol. The largest absolute Gasteiger partial charge is 0.340 e. The molecule has 3 rings (SSSR count). The smallest absolute Gasteiger partial charge is 0.253 e. The van der Waals surface area contributed by atoms with Gasteiger partial charge in [-0.15, -0.1) is 0 Å². The molecule has 0 fully saturated rings. The maximum absolute atomic E-state index is 12.2. The summed E-state index contributed by atoms with van der Waals surface area (Å²) in [5, 5.41) is 15.3. The van der Waals surface area contributed by atoms with Crippen LogP contribution in [0, 0.1) is 11.3 Å². The molecule has 1 amide bonds. The molecule has 0 bridgehead atoms. The lowest BCUT2D eigenvalue weighted by molar-refractivity contribution is 0.0932. The first-order valence-electron chi connectivity index (χ1n) is 7.09. The van der Waals surface area contributed by atoms with Crippen molar-refractivity contribution in [3.63, 3.8) is 0 Å². The van der Waals surface area contributed by atoms with Crippen molar-refractivity contribution in [3.05, 3.63) is 59.9 Å². The highest BCUT2D eigenvalue weighted by Crippen LogP contribution is 2.16. The highest BCUT2D eigenvalue weighted by Gasteiger charge is 2.18. The molecule has 0 aromatic carbocycles. The van der Waals surface area contributed by atoms with E-state index in [0.717, 1.165) is 0 Å². The minimum Gasteiger partial charge on any atom is -0.340 e. The van der Waals surface area contributed by atoms with E-state index in [4.69, 9.17) is 9.78 Å². The summed E-state index contributed by atoms with van der Waals surface area (Å²) >= 11 is 0. The van der Waals surface area contributed by atoms with E-state index in [0.29, 0.717) is 17.1 Å². The Labute approximate surface area is 137 Å². The van der Waals surface area contributed by atoms with Crippen molar-refractivity contribution in [3.8, 4) is 17.6 Å². The van der Waals surface area contributed by atoms with Crippen LogP contribution in [-0.4, -0.2) is 26.0 Å². The second kappa shape index (κ2) is 6.66. The van der Waals surface area contributed by atoms with Crippen molar-refractivity contribution in [1.82, 2.24) is 25.4 Å². The Morgan fingerprint density at radius 2 is 2.17 bits per heavy atom. The molecule has 8 heteroatoms. The highest BCUT2D eigenvalue weighted by molar-refractivity contribution is 5.94. The fourth-order valence-corrected chi connectivity index (χ4v) is 1.95. The number of nitriles is 1. The van der Waals surface area contributed by atoms with Crippen LogP contribution in [0.4, 0.5) is 0 Å². The fourth-order valence-electron chi connectivity index (χ4n) is 1.95. The zero-order chi connectivity index (χ0) is 16.9. The van der Waals surface area contributed by atoms with Gasteiger partial charge >= 0.3 is 0 Å². The average molecular weight is 320 g/mol. The topological polar surface area (TPSA) is 118 Å². The van der Waals surface area contributed by atoms with Gasteiger partial charge in [0.25, 0.3) is 5.91 Å². The Balaban J connectivity index is 1.70. The summed E-state index contributed by atoms with van der Waals surface area (Å²) in [6.07, 6.45) is 2.97. The van der Waals surface area contributed by atoms with Crippen molar-refractivity contribution in [2.45, 2.75) is 13.0 Å². The number of rotatable bonds is 4. The zero-order valence-corrected chi connectivity index (χ0v) is 12.7. The van der Waals surface area contributed by atoms with Crippen LogP contribution >= 0.6 is 0 Å². The van der Waals surface area contributed by atoms with E-state index in [1.54, 1.807) is 25.3 Å². The molecule has 1 atom stereocenters. The first kappa shape index (κ1) is 15.3. The second-order valence-electron chi connectivity index (χ2n) is 4.91. The molecule has 1 N–H and O–H groups in total. The molecule has 0 unspecified atom stereocenters. The molecule has 0 aliphatic heterocycles. The number of nitrogens with zero attached hydrogens (tertiary/aromatic N) is 5.